The van der Waals surface area contributed by atoms with Crippen molar-refractivity contribution in [3.8, 4) is 5.75 Å². The lowest BCUT2D eigenvalue weighted by Crippen LogP contribution is -2.10. The highest BCUT2D eigenvalue weighted by Gasteiger charge is 2.17. The number of hydrogen-bond acceptors (Lipinski definition) is 4. The average molecular weight is 236 g/mol. The molecule has 0 aliphatic carbocycles. The lowest BCUT2D eigenvalue weighted by atomic mass is 10.0. The molecule has 1 atom stereocenters. The number of allylic oxidation sites excluding steroid dienone is 1. The Labute approximate surface area is 100 Å². The first kappa shape index (κ1) is 13.2. The molecular weight excluding hydrogens is 220 g/mol. The molecule has 0 unspecified atom stereocenters. The number of nitro groups is 1. The van der Waals surface area contributed by atoms with Crippen LogP contribution in [-0.4, -0.2) is 12.0 Å². The number of nitro benzene ring substituents is 1. The van der Waals surface area contributed by atoms with Crippen LogP contribution in [0.2, 0.25) is 0 Å². The first-order chi connectivity index (χ1) is 8.10. The Hall–Kier alpha value is -1.88. The van der Waals surface area contributed by atoms with Gasteiger partial charge in [-0.05, 0) is 24.5 Å². The molecule has 0 amide bonds. The number of ether oxygens (including phenoxy) is 1. The van der Waals surface area contributed by atoms with Gasteiger partial charge in [-0.15, -0.1) is 6.58 Å². The third-order valence-corrected chi connectivity index (χ3v) is 2.51. The van der Waals surface area contributed by atoms with Crippen molar-refractivity contribution < 1.29 is 9.66 Å². The van der Waals surface area contributed by atoms with Gasteiger partial charge in [-0.3, -0.25) is 10.1 Å². The summed E-state index contributed by atoms with van der Waals surface area (Å²) >= 11 is 0. The Balaban J connectivity index is 2.98. The van der Waals surface area contributed by atoms with Crippen LogP contribution in [0.4, 0.5) is 5.69 Å². The largest absolute Gasteiger partial charge is 0.490 e. The highest BCUT2D eigenvalue weighted by atomic mass is 16.6. The zero-order valence-corrected chi connectivity index (χ0v) is 9.76. The van der Waals surface area contributed by atoms with Crippen molar-refractivity contribution in [3.63, 3.8) is 0 Å². The van der Waals surface area contributed by atoms with E-state index in [0.717, 1.165) is 12.0 Å². The van der Waals surface area contributed by atoms with Gasteiger partial charge < -0.3 is 10.5 Å². The van der Waals surface area contributed by atoms with Gasteiger partial charge in [0.15, 0.2) is 5.75 Å². The number of methoxy groups -OCH3 is 1. The predicted octanol–water partition coefficient (Wildman–Crippen LogP) is 2.57. The van der Waals surface area contributed by atoms with Gasteiger partial charge in [0.2, 0.25) is 0 Å². The van der Waals surface area contributed by atoms with Crippen LogP contribution in [0.15, 0.2) is 30.9 Å². The molecule has 0 aliphatic rings. The van der Waals surface area contributed by atoms with E-state index in [1.54, 1.807) is 18.2 Å². The standard InChI is InChI=1S/C12H16N2O3/c1-3-4-5-10(13)9-6-7-12(17-2)11(8-9)14(15)16/h3,6-8,10H,1,4-5,13H2,2H3/t10-/m1/s1. The zero-order valence-electron chi connectivity index (χ0n) is 9.76. The van der Waals surface area contributed by atoms with E-state index >= 15 is 0 Å². The Kier molecular flexibility index (Phi) is 4.66. The van der Waals surface area contributed by atoms with E-state index in [4.69, 9.17) is 10.5 Å². The number of nitrogens with zero attached hydrogens (tertiary/aromatic N) is 1. The minimum atomic E-state index is -0.470. The fraction of sp³-hybridized carbons (Fsp3) is 0.333. The molecule has 0 aromatic heterocycles. The normalized spacial score (nSPS) is 11.9. The Bertz CT molecular complexity index is 418. The van der Waals surface area contributed by atoms with Crippen molar-refractivity contribution in [3.05, 3.63) is 46.5 Å². The number of hydrogen-bond donors (Lipinski definition) is 1. The first-order valence-electron chi connectivity index (χ1n) is 5.29. The molecule has 0 radical (unpaired) electrons. The molecule has 0 fully saturated rings. The van der Waals surface area contributed by atoms with Gasteiger partial charge >= 0.3 is 5.69 Å². The highest BCUT2D eigenvalue weighted by molar-refractivity contribution is 5.49. The lowest BCUT2D eigenvalue weighted by molar-refractivity contribution is -0.385. The number of nitrogens with two attached hydrogens (primary N) is 1. The van der Waals surface area contributed by atoms with E-state index in [-0.39, 0.29) is 17.5 Å². The molecule has 0 bridgehead atoms. The SMILES string of the molecule is C=CCC[C@@H](N)c1ccc(OC)c([N+](=O)[O-])c1. The monoisotopic (exact) mass is 236 g/mol. The average Bonchev–Trinajstić information content (AvgIpc) is 2.34. The quantitative estimate of drug-likeness (QED) is 0.467. The van der Waals surface area contributed by atoms with Gasteiger partial charge in [0, 0.05) is 12.1 Å². The summed E-state index contributed by atoms with van der Waals surface area (Å²) in [5, 5.41) is 10.8. The van der Waals surface area contributed by atoms with Gasteiger partial charge in [-0.2, -0.15) is 0 Å². The maximum atomic E-state index is 10.8. The molecule has 1 aromatic rings. The van der Waals surface area contributed by atoms with Gasteiger partial charge in [0.1, 0.15) is 0 Å². The van der Waals surface area contributed by atoms with Gasteiger partial charge in [-0.1, -0.05) is 12.1 Å². The smallest absolute Gasteiger partial charge is 0.311 e. The molecule has 0 heterocycles. The van der Waals surface area contributed by atoms with Crippen molar-refractivity contribution >= 4 is 5.69 Å². The summed E-state index contributed by atoms with van der Waals surface area (Å²) in [6, 6.07) is 4.56. The topological polar surface area (TPSA) is 78.4 Å². The summed E-state index contributed by atoms with van der Waals surface area (Å²) in [5.74, 6) is 0.245. The first-order valence-corrected chi connectivity index (χ1v) is 5.29. The van der Waals surface area contributed by atoms with E-state index in [0.29, 0.717) is 6.42 Å². The van der Waals surface area contributed by atoms with Crippen LogP contribution in [0.5, 0.6) is 5.75 Å². The second-order valence-corrected chi connectivity index (χ2v) is 3.66. The number of benzene rings is 1. The van der Waals surface area contributed by atoms with Crippen LogP contribution >= 0.6 is 0 Å². The Morgan fingerprint density at radius 1 is 1.65 bits per heavy atom. The van der Waals surface area contributed by atoms with Crippen LogP contribution in [0, 0.1) is 10.1 Å². The molecule has 92 valence electrons. The maximum Gasteiger partial charge on any atom is 0.311 e. The zero-order chi connectivity index (χ0) is 12.8. The second kappa shape index (κ2) is 6.00. The second-order valence-electron chi connectivity index (χ2n) is 3.66. The van der Waals surface area contributed by atoms with Crippen LogP contribution < -0.4 is 10.5 Å². The molecule has 1 rings (SSSR count). The molecule has 5 heteroatoms. The van der Waals surface area contributed by atoms with Crippen molar-refractivity contribution in [2.24, 2.45) is 5.73 Å². The maximum absolute atomic E-state index is 10.8. The van der Waals surface area contributed by atoms with E-state index in [9.17, 15) is 10.1 Å². The molecule has 0 aliphatic heterocycles. The van der Waals surface area contributed by atoms with Crippen molar-refractivity contribution in [1.82, 2.24) is 0 Å². The van der Waals surface area contributed by atoms with E-state index in [1.807, 2.05) is 0 Å². The Morgan fingerprint density at radius 3 is 2.88 bits per heavy atom. The summed E-state index contributed by atoms with van der Waals surface area (Å²) in [7, 11) is 1.40. The third kappa shape index (κ3) is 3.29. The van der Waals surface area contributed by atoms with Gasteiger partial charge in [-0.25, -0.2) is 0 Å². The minimum absolute atomic E-state index is 0.0564. The number of rotatable bonds is 6. The van der Waals surface area contributed by atoms with Crippen LogP contribution in [0.25, 0.3) is 0 Å². The fourth-order valence-electron chi connectivity index (χ4n) is 1.54. The molecule has 17 heavy (non-hydrogen) atoms. The molecule has 0 saturated heterocycles. The van der Waals surface area contributed by atoms with Crippen LogP contribution in [-0.2, 0) is 0 Å². The lowest BCUT2D eigenvalue weighted by Gasteiger charge is -2.11. The minimum Gasteiger partial charge on any atom is -0.490 e. The van der Waals surface area contributed by atoms with E-state index in [1.165, 1.54) is 13.2 Å². The highest BCUT2D eigenvalue weighted by Crippen LogP contribution is 2.30. The molecule has 0 spiro atoms. The van der Waals surface area contributed by atoms with Crippen molar-refractivity contribution in [1.29, 1.82) is 0 Å². The van der Waals surface area contributed by atoms with Gasteiger partial charge in [0.25, 0.3) is 0 Å². The van der Waals surface area contributed by atoms with E-state index < -0.39 is 4.92 Å². The molecule has 1 aromatic carbocycles. The summed E-state index contributed by atoms with van der Waals surface area (Å²) in [5.41, 5.74) is 6.61. The van der Waals surface area contributed by atoms with Gasteiger partial charge in [0.05, 0.1) is 12.0 Å². The summed E-state index contributed by atoms with van der Waals surface area (Å²) in [4.78, 5) is 10.4. The molecular formula is C12H16N2O3. The molecule has 5 nitrogen and oxygen atoms in total. The Morgan fingerprint density at radius 2 is 2.35 bits per heavy atom. The summed E-state index contributed by atoms with van der Waals surface area (Å²) < 4.78 is 4.92. The summed E-state index contributed by atoms with van der Waals surface area (Å²) in [6.45, 7) is 3.62. The molecule has 0 saturated carbocycles. The van der Waals surface area contributed by atoms with Crippen LogP contribution in [0.3, 0.4) is 0 Å². The van der Waals surface area contributed by atoms with Crippen molar-refractivity contribution in [2.45, 2.75) is 18.9 Å². The van der Waals surface area contributed by atoms with Crippen LogP contribution in [0.1, 0.15) is 24.4 Å². The fourth-order valence-corrected chi connectivity index (χ4v) is 1.54. The summed E-state index contributed by atoms with van der Waals surface area (Å²) in [6.07, 6.45) is 3.27. The predicted molar refractivity (Wildman–Crippen MR) is 66.0 cm³/mol. The van der Waals surface area contributed by atoms with Crippen molar-refractivity contribution in [2.75, 3.05) is 7.11 Å². The third-order valence-electron chi connectivity index (χ3n) is 2.51. The molecule has 2 N–H and O–H groups in total. The van der Waals surface area contributed by atoms with E-state index in [2.05, 4.69) is 6.58 Å².